The van der Waals surface area contributed by atoms with Crippen molar-refractivity contribution in [3.05, 3.63) is 57.6 Å². The van der Waals surface area contributed by atoms with Crippen LogP contribution < -0.4 is 11.1 Å². The van der Waals surface area contributed by atoms with E-state index in [4.69, 9.17) is 5.73 Å². The number of aryl methyl sites for hydroxylation is 1. The first-order valence-corrected chi connectivity index (χ1v) is 6.50. The predicted molar refractivity (Wildman–Crippen MR) is 77.6 cm³/mol. The normalized spacial score (nSPS) is 10.4. The lowest BCUT2D eigenvalue weighted by Gasteiger charge is -2.11. The van der Waals surface area contributed by atoms with E-state index < -0.39 is 23.2 Å². The van der Waals surface area contributed by atoms with Gasteiger partial charge in [-0.3, -0.25) is 4.79 Å². The van der Waals surface area contributed by atoms with Crippen LogP contribution in [0.15, 0.2) is 34.8 Å². The van der Waals surface area contributed by atoms with Gasteiger partial charge >= 0.3 is 0 Å². The highest BCUT2D eigenvalue weighted by atomic mass is 79.9. The Kier molecular flexibility index (Phi) is 4.04. The number of rotatable bonds is 2. The van der Waals surface area contributed by atoms with Crippen molar-refractivity contribution in [2.45, 2.75) is 6.92 Å². The highest BCUT2D eigenvalue weighted by Gasteiger charge is 2.17. The molecule has 3 N–H and O–H groups in total. The Hall–Kier alpha value is -1.95. The topological polar surface area (TPSA) is 55.1 Å². The van der Waals surface area contributed by atoms with Gasteiger partial charge in [0.25, 0.3) is 5.91 Å². The standard InChI is InChI=1S/C14H11BrF2N2O/c1-7-3-2-4-11(18)12(7)14(20)19-13-9(16)5-8(15)6-10(13)17/h2-6H,18H2,1H3,(H,19,20). The van der Waals surface area contributed by atoms with Crippen LogP contribution in [-0.4, -0.2) is 5.91 Å². The van der Waals surface area contributed by atoms with Gasteiger partial charge < -0.3 is 11.1 Å². The Labute approximate surface area is 122 Å². The summed E-state index contributed by atoms with van der Waals surface area (Å²) in [5.41, 5.74) is 6.30. The molecule has 104 valence electrons. The van der Waals surface area contributed by atoms with Crippen LogP contribution in [0.25, 0.3) is 0 Å². The molecule has 0 aliphatic carbocycles. The summed E-state index contributed by atoms with van der Waals surface area (Å²) >= 11 is 2.97. The summed E-state index contributed by atoms with van der Waals surface area (Å²) in [6, 6.07) is 7.08. The van der Waals surface area contributed by atoms with E-state index in [9.17, 15) is 13.6 Å². The zero-order valence-electron chi connectivity index (χ0n) is 10.5. The van der Waals surface area contributed by atoms with Crippen molar-refractivity contribution in [1.82, 2.24) is 0 Å². The molecule has 0 unspecified atom stereocenters. The van der Waals surface area contributed by atoms with Crippen molar-refractivity contribution in [2.24, 2.45) is 0 Å². The zero-order chi connectivity index (χ0) is 14.9. The summed E-state index contributed by atoms with van der Waals surface area (Å²) in [4.78, 5) is 12.1. The minimum Gasteiger partial charge on any atom is -0.398 e. The number of hydrogen-bond donors (Lipinski definition) is 2. The lowest BCUT2D eigenvalue weighted by Crippen LogP contribution is -2.17. The van der Waals surface area contributed by atoms with Gasteiger partial charge in [-0.1, -0.05) is 28.1 Å². The molecule has 0 spiro atoms. The molecule has 0 fully saturated rings. The smallest absolute Gasteiger partial charge is 0.258 e. The molecule has 2 aromatic carbocycles. The minimum absolute atomic E-state index is 0.203. The number of amides is 1. The molecular weight excluding hydrogens is 330 g/mol. The van der Waals surface area contributed by atoms with Crippen molar-refractivity contribution < 1.29 is 13.6 Å². The SMILES string of the molecule is Cc1cccc(N)c1C(=O)Nc1c(F)cc(Br)cc1F. The first-order chi connectivity index (χ1) is 9.40. The molecule has 0 saturated carbocycles. The molecule has 20 heavy (non-hydrogen) atoms. The average molecular weight is 341 g/mol. The minimum atomic E-state index is -0.864. The molecule has 0 aromatic heterocycles. The molecule has 0 aliphatic rings. The molecular formula is C14H11BrF2N2O. The van der Waals surface area contributed by atoms with Crippen molar-refractivity contribution in [3.8, 4) is 0 Å². The Morgan fingerprint density at radius 2 is 1.85 bits per heavy atom. The molecule has 0 radical (unpaired) electrons. The number of nitrogens with one attached hydrogen (secondary N) is 1. The Balaban J connectivity index is 2.38. The zero-order valence-corrected chi connectivity index (χ0v) is 12.1. The number of benzene rings is 2. The van der Waals surface area contributed by atoms with Crippen LogP contribution in [0.2, 0.25) is 0 Å². The molecule has 1 amide bonds. The quantitative estimate of drug-likeness (QED) is 0.815. The van der Waals surface area contributed by atoms with Crippen molar-refractivity contribution in [3.63, 3.8) is 0 Å². The summed E-state index contributed by atoms with van der Waals surface area (Å²) in [5, 5.41) is 2.21. The average Bonchev–Trinajstić information content (AvgIpc) is 2.33. The van der Waals surface area contributed by atoms with Crippen LogP contribution >= 0.6 is 15.9 Å². The van der Waals surface area contributed by atoms with Gasteiger partial charge in [0.2, 0.25) is 0 Å². The summed E-state index contributed by atoms with van der Waals surface area (Å²) in [6.07, 6.45) is 0. The van der Waals surface area contributed by atoms with Gasteiger partial charge in [-0.25, -0.2) is 8.78 Å². The molecule has 2 aromatic rings. The van der Waals surface area contributed by atoms with Gasteiger partial charge in [-0.2, -0.15) is 0 Å². The first kappa shape index (κ1) is 14.5. The van der Waals surface area contributed by atoms with Crippen molar-refractivity contribution >= 4 is 33.2 Å². The Morgan fingerprint density at radius 1 is 1.25 bits per heavy atom. The third kappa shape index (κ3) is 2.80. The van der Waals surface area contributed by atoms with Gasteiger partial charge in [0.15, 0.2) is 11.6 Å². The van der Waals surface area contributed by atoms with Gasteiger partial charge in [0.1, 0.15) is 5.69 Å². The monoisotopic (exact) mass is 340 g/mol. The molecule has 0 bridgehead atoms. The molecule has 3 nitrogen and oxygen atoms in total. The van der Waals surface area contributed by atoms with E-state index in [2.05, 4.69) is 21.2 Å². The van der Waals surface area contributed by atoms with Crippen LogP contribution in [0.5, 0.6) is 0 Å². The van der Waals surface area contributed by atoms with Gasteiger partial charge in [0, 0.05) is 10.2 Å². The van der Waals surface area contributed by atoms with E-state index in [1.807, 2.05) is 0 Å². The van der Waals surface area contributed by atoms with E-state index in [1.54, 1.807) is 25.1 Å². The van der Waals surface area contributed by atoms with Gasteiger partial charge in [-0.05, 0) is 30.7 Å². The molecule has 0 heterocycles. The van der Waals surface area contributed by atoms with Crippen LogP contribution in [-0.2, 0) is 0 Å². The number of anilines is 2. The molecule has 0 aliphatic heterocycles. The van der Waals surface area contributed by atoms with Gasteiger partial charge in [0.05, 0.1) is 5.56 Å². The largest absolute Gasteiger partial charge is 0.398 e. The summed E-state index contributed by atoms with van der Waals surface area (Å²) in [7, 11) is 0. The maximum atomic E-state index is 13.7. The Morgan fingerprint density at radius 3 is 2.40 bits per heavy atom. The fourth-order valence-corrected chi connectivity index (χ4v) is 2.24. The van der Waals surface area contributed by atoms with E-state index in [-0.39, 0.29) is 15.7 Å². The van der Waals surface area contributed by atoms with Crippen LogP contribution in [0.1, 0.15) is 15.9 Å². The third-order valence-corrected chi connectivity index (χ3v) is 3.24. The second-order valence-corrected chi connectivity index (χ2v) is 5.15. The lowest BCUT2D eigenvalue weighted by molar-refractivity contribution is 0.102. The number of nitrogens with two attached hydrogens (primary N) is 1. The molecule has 6 heteroatoms. The number of carbonyl (C=O) groups is 1. The van der Waals surface area contributed by atoms with Crippen LogP contribution in [0.3, 0.4) is 0 Å². The number of hydrogen-bond acceptors (Lipinski definition) is 2. The predicted octanol–water partition coefficient (Wildman–Crippen LogP) is 3.87. The summed E-state index contributed by atoms with van der Waals surface area (Å²) < 4.78 is 27.6. The van der Waals surface area contributed by atoms with Crippen LogP contribution in [0, 0.1) is 18.6 Å². The van der Waals surface area contributed by atoms with Gasteiger partial charge in [-0.15, -0.1) is 0 Å². The lowest BCUT2D eigenvalue weighted by atomic mass is 10.1. The van der Waals surface area contributed by atoms with Crippen molar-refractivity contribution in [2.75, 3.05) is 11.1 Å². The first-order valence-electron chi connectivity index (χ1n) is 5.71. The maximum absolute atomic E-state index is 13.7. The summed E-state index contributed by atoms with van der Waals surface area (Å²) in [5.74, 6) is -2.38. The second-order valence-electron chi connectivity index (χ2n) is 4.24. The number of nitrogen functional groups attached to an aromatic ring is 1. The van der Waals surface area contributed by atoms with E-state index in [0.29, 0.717) is 5.56 Å². The number of carbonyl (C=O) groups excluding carboxylic acids is 1. The van der Waals surface area contributed by atoms with Crippen molar-refractivity contribution in [1.29, 1.82) is 0 Å². The second kappa shape index (κ2) is 5.58. The highest BCUT2D eigenvalue weighted by molar-refractivity contribution is 9.10. The molecule has 0 atom stereocenters. The van der Waals surface area contributed by atoms with E-state index in [0.717, 1.165) is 12.1 Å². The summed E-state index contributed by atoms with van der Waals surface area (Å²) in [6.45, 7) is 1.69. The van der Waals surface area contributed by atoms with Crippen LogP contribution in [0.4, 0.5) is 20.2 Å². The van der Waals surface area contributed by atoms with E-state index >= 15 is 0 Å². The highest BCUT2D eigenvalue weighted by Crippen LogP contribution is 2.25. The number of halogens is 3. The fourth-order valence-electron chi connectivity index (χ4n) is 1.84. The molecule has 2 rings (SSSR count). The maximum Gasteiger partial charge on any atom is 0.258 e. The molecule has 0 saturated heterocycles. The Bertz CT molecular complexity index is 646. The fraction of sp³-hybridized carbons (Fsp3) is 0.0714. The van der Waals surface area contributed by atoms with E-state index in [1.165, 1.54) is 0 Å². The third-order valence-electron chi connectivity index (χ3n) is 2.78.